The molecule has 0 aliphatic carbocycles. The van der Waals surface area contributed by atoms with Gasteiger partial charge in [0.05, 0.1) is 22.7 Å². The van der Waals surface area contributed by atoms with Crippen molar-refractivity contribution in [2.24, 2.45) is 0 Å². The Morgan fingerprint density at radius 1 is 0.439 bits per heavy atom. The van der Waals surface area contributed by atoms with Gasteiger partial charge in [-0.15, -0.1) is 0 Å². The maximum Gasteiger partial charge on any atom is 0.245 e. The first-order chi connectivity index (χ1) is 20.3. The fraction of sp³-hybridized carbons (Fsp3) is 0. The summed E-state index contributed by atoms with van der Waals surface area (Å²) in [5.74, 6) is 0. The van der Waals surface area contributed by atoms with Crippen molar-refractivity contribution in [1.29, 1.82) is 0 Å². The largest absolute Gasteiger partial charge is 0.307 e. The lowest BCUT2D eigenvalue weighted by Crippen LogP contribution is -2.76. The molecule has 41 heavy (non-hydrogen) atoms. The molecule has 0 fully saturated rings. The third-order valence-electron chi connectivity index (χ3n) is 8.96. The lowest BCUT2D eigenvalue weighted by molar-refractivity contribution is 1.18. The number of halogens is 1. The summed E-state index contributed by atoms with van der Waals surface area (Å²) in [4.78, 5) is 4.86. The van der Waals surface area contributed by atoms with Crippen molar-refractivity contribution in [2.45, 2.75) is 0 Å². The molecule has 190 valence electrons. The maximum atomic E-state index is 6.73. The summed E-state index contributed by atoms with van der Waals surface area (Å²) in [6, 6.07) is 50.6. The number of nitrogens with zero attached hydrogens (tertiary/aromatic N) is 2. The van der Waals surface area contributed by atoms with Crippen LogP contribution in [0.2, 0.25) is 5.02 Å². The predicted molar refractivity (Wildman–Crippen MR) is 177 cm³/mol. The van der Waals surface area contributed by atoms with Gasteiger partial charge in [0.25, 0.3) is 0 Å². The van der Waals surface area contributed by atoms with Gasteiger partial charge in [-0.1, -0.05) is 131 Å². The van der Waals surface area contributed by atoms with Crippen LogP contribution in [-0.2, 0) is 0 Å². The number of benzene rings is 6. The van der Waals surface area contributed by atoms with E-state index in [-0.39, 0.29) is 13.4 Å². The summed E-state index contributed by atoms with van der Waals surface area (Å²) in [7, 11) is 0. The van der Waals surface area contributed by atoms with E-state index in [1.165, 1.54) is 49.8 Å². The topological polar surface area (TPSA) is 6.48 Å². The highest BCUT2D eigenvalue weighted by Crippen LogP contribution is 2.54. The zero-order valence-corrected chi connectivity index (χ0v) is 23.0. The molecule has 0 atom stereocenters. The molecule has 0 spiro atoms. The van der Waals surface area contributed by atoms with Crippen molar-refractivity contribution in [2.75, 3.05) is 9.80 Å². The first kappa shape index (κ1) is 23.1. The van der Waals surface area contributed by atoms with Crippen LogP contribution >= 0.6 is 11.6 Å². The summed E-state index contributed by atoms with van der Waals surface area (Å²) >= 11 is 6.73. The SMILES string of the molecule is Clc1ccc2c(c1)N1c3cccc4c3B(c3ccccc3B4c3ccccc3)c3cccc(c31)N2c1ccccc1. The second-order valence-corrected chi connectivity index (χ2v) is 11.5. The van der Waals surface area contributed by atoms with Gasteiger partial charge in [-0.3, -0.25) is 0 Å². The van der Waals surface area contributed by atoms with Gasteiger partial charge in [0.15, 0.2) is 0 Å². The summed E-state index contributed by atoms with van der Waals surface area (Å²) in [5.41, 5.74) is 15.2. The molecule has 0 saturated heterocycles. The van der Waals surface area contributed by atoms with Gasteiger partial charge in [0, 0.05) is 16.4 Å². The molecule has 5 heteroatoms. The Morgan fingerprint density at radius 3 is 1.85 bits per heavy atom. The third kappa shape index (κ3) is 3.17. The van der Waals surface area contributed by atoms with E-state index < -0.39 is 0 Å². The maximum absolute atomic E-state index is 6.73. The van der Waals surface area contributed by atoms with E-state index in [9.17, 15) is 0 Å². The lowest BCUT2D eigenvalue weighted by atomic mass is 9.20. The molecule has 0 saturated carbocycles. The van der Waals surface area contributed by atoms with Crippen LogP contribution in [0.15, 0.2) is 140 Å². The fourth-order valence-corrected chi connectivity index (χ4v) is 7.61. The highest BCUT2D eigenvalue weighted by Gasteiger charge is 2.47. The number of rotatable bonds is 2. The predicted octanol–water partition coefficient (Wildman–Crippen LogP) is 5.25. The van der Waals surface area contributed by atoms with E-state index in [0.29, 0.717) is 0 Å². The summed E-state index contributed by atoms with van der Waals surface area (Å²) < 4.78 is 0. The molecule has 0 N–H and O–H groups in total. The van der Waals surface area contributed by atoms with Crippen molar-refractivity contribution in [1.82, 2.24) is 0 Å². The average molecular weight is 541 g/mol. The van der Waals surface area contributed by atoms with E-state index in [4.69, 9.17) is 11.6 Å². The van der Waals surface area contributed by atoms with E-state index in [1.54, 1.807) is 0 Å². The highest BCUT2D eigenvalue weighted by molar-refractivity contribution is 7.12. The molecular formula is C36H23B2ClN2. The van der Waals surface area contributed by atoms with Crippen molar-refractivity contribution in [3.8, 4) is 0 Å². The van der Waals surface area contributed by atoms with Gasteiger partial charge in [0.2, 0.25) is 13.4 Å². The zero-order chi connectivity index (χ0) is 27.1. The smallest absolute Gasteiger partial charge is 0.245 e. The third-order valence-corrected chi connectivity index (χ3v) is 9.20. The van der Waals surface area contributed by atoms with Crippen LogP contribution in [0.5, 0.6) is 0 Å². The Kier molecular flexibility index (Phi) is 4.88. The molecule has 9 rings (SSSR count). The molecule has 6 aromatic carbocycles. The van der Waals surface area contributed by atoms with Crippen LogP contribution in [0.25, 0.3) is 0 Å². The molecule has 3 aliphatic rings. The highest BCUT2D eigenvalue weighted by atomic mass is 35.5. The van der Waals surface area contributed by atoms with Crippen molar-refractivity contribution in [3.05, 3.63) is 145 Å². The Labute approximate surface area is 245 Å². The molecule has 0 bridgehead atoms. The van der Waals surface area contributed by atoms with Gasteiger partial charge >= 0.3 is 0 Å². The summed E-state index contributed by atoms with van der Waals surface area (Å²) in [5, 5.41) is 0.733. The van der Waals surface area contributed by atoms with E-state index >= 15 is 0 Å². The van der Waals surface area contributed by atoms with E-state index in [2.05, 4.69) is 143 Å². The number of hydrogen-bond acceptors (Lipinski definition) is 2. The second-order valence-electron chi connectivity index (χ2n) is 11.0. The molecule has 3 heterocycles. The molecule has 0 amide bonds. The minimum atomic E-state index is 0.141. The van der Waals surface area contributed by atoms with E-state index in [0.717, 1.165) is 22.1 Å². The van der Waals surface area contributed by atoms with Gasteiger partial charge in [-0.2, -0.15) is 0 Å². The number of fused-ring (bicyclic) bond motifs is 6. The normalized spacial score (nSPS) is 13.8. The molecule has 2 nitrogen and oxygen atoms in total. The van der Waals surface area contributed by atoms with Crippen LogP contribution < -0.4 is 42.6 Å². The van der Waals surface area contributed by atoms with Crippen LogP contribution in [0.4, 0.5) is 34.1 Å². The quantitative estimate of drug-likeness (QED) is 0.276. The van der Waals surface area contributed by atoms with Gasteiger partial charge in [-0.05, 0) is 53.4 Å². The number of para-hydroxylation sites is 2. The van der Waals surface area contributed by atoms with Crippen molar-refractivity contribution >= 4 is 91.9 Å². The Balaban J connectivity index is 1.39. The monoisotopic (exact) mass is 540 g/mol. The molecule has 0 unspecified atom stereocenters. The summed E-state index contributed by atoms with van der Waals surface area (Å²) in [6.07, 6.45) is 0. The van der Waals surface area contributed by atoms with Gasteiger partial charge in [0.1, 0.15) is 0 Å². The standard InChI is InChI=1S/C36H23B2ClN2/c39-25-21-22-31-34(23-25)41-32-19-9-17-29-35(32)38(28-16-8-7-15-27(28)37(29)24-11-3-1-4-12-24)30-18-10-20-33(36(30)41)40(31)26-13-5-2-6-14-26/h1-23H. The van der Waals surface area contributed by atoms with Crippen molar-refractivity contribution < 1.29 is 0 Å². The molecular weight excluding hydrogens is 517 g/mol. The number of hydrogen-bond donors (Lipinski definition) is 0. The first-order valence-corrected chi connectivity index (χ1v) is 14.5. The first-order valence-electron chi connectivity index (χ1n) is 14.1. The lowest BCUT2D eigenvalue weighted by Gasteiger charge is -2.47. The minimum Gasteiger partial charge on any atom is -0.307 e. The molecule has 6 aromatic rings. The minimum absolute atomic E-state index is 0.141. The van der Waals surface area contributed by atoms with E-state index in [1.807, 2.05) is 6.07 Å². The van der Waals surface area contributed by atoms with Crippen molar-refractivity contribution in [3.63, 3.8) is 0 Å². The molecule has 0 aromatic heterocycles. The number of anilines is 6. The molecule has 0 radical (unpaired) electrons. The van der Waals surface area contributed by atoms with Crippen LogP contribution in [0.1, 0.15) is 0 Å². The Bertz CT molecular complexity index is 1990. The van der Waals surface area contributed by atoms with Gasteiger partial charge < -0.3 is 9.80 Å². The second kappa shape index (κ2) is 8.67. The fourth-order valence-electron chi connectivity index (χ4n) is 7.45. The zero-order valence-electron chi connectivity index (χ0n) is 22.2. The van der Waals surface area contributed by atoms with Crippen LogP contribution in [0, 0.1) is 0 Å². The van der Waals surface area contributed by atoms with Crippen LogP contribution in [0.3, 0.4) is 0 Å². The molecule has 3 aliphatic heterocycles. The van der Waals surface area contributed by atoms with Crippen LogP contribution in [-0.4, -0.2) is 13.4 Å². The Hall–Kier alpha value is -4.66. The summed E-state index contributed by atoms with van der Waals surface area (Å²) in [6.45, 7) is 0.315. The average Bonchev–Trinajstić information content (AvgIpc) is 3.03. The Morgan fingerprint density at radius 2 is 1.07 bits per heavy atom. The van der Waals surface area contributed by atoms with Gasteiger partial charge in [-0.25, -0.2) is 0 Å².